The van der Waals surface area contributed by atoms with E-state index in [0.717, 1.165) is 30.6 Å². The van der Waals surface area contributed by atoms with Gasteiger partial charge in [0.1, 0.15) is 23.1 Å². The second kappa shape index (κ2) is 6.64. The Morgan fingerprint density at radius 3 is 2.88 bits per heavy atom. The van der Waals surface area contributed by atoms with Gasteiger partial charge in [0.15, 0.2) is 0 Å². The number of amides is 1. The van der Waals surface area contributed by atoms with Crippen LogP contribution in [0.15, 0.2) is 48.7 Å². The molecule has 5 heteroatoms. The topological polar surface area (TPSA) is 66.2 Å². The third-order valence-corrected chi connectivity index (χ3v) is 5.04. The molecule has 4 rings (SSSR count). The van der Waals surface area contributed by atoms with Gasteiger partial charge in [-0.1, -0.05) is 24.3 Å². The zero-order valence-electron chi connectivity index (χ0n) is 14.4. The molecule has 0 bridgehead atoms. The summed E-state index contributed by atoms with van der Waals surface area (Å²) in [6.45, 7) is 1.32. The van der Waals surface area contributed by atoms with Crippen molar-refractivity contribution in [3.63, 3.8) is 0 Å². The average molecular weight is 345 g/mol. The standard InChI is InChI=1S/C21H19N3O2/c22-14-18-7-6-17(15-23-18)20(25)24-12-3-9-21(11-13-24)10-8-16-4-1-2-5-19(16)26-21/h1-2,4-8,10,15H,3,9,11-13H2/t21-/m1/s1. The number of fused-ring (bicyclic) bond motifs is 1. The van der Waals surface area contributed by atoms with E-state index >= 15 is 0 Å². The summed E-state index contributed by atoms with van der Waals surface area (Å²) in [4.78, 5) is 18.6. The van der Waals surface area contributed by atoms with E-state index in [1.165, 1.54) is 6.20 Å². The van der Waals surface area contributed by atoms with E-state index in [1.807, 2.05) is 35.2 Å². The van der Waals surface area contributed by atoms with Gasteiger partial charge in [0, 0.05) is 31.3 Å². The van der Waals surface area contributed by atoms with Gasteiger partial charge in [-0.3, -0.25) is 4.79 Å². The molecule has 0 aliphatic carbocycles. The van der Waals surface area contributed by atoms with Crippen LogP contribution in [0.2, 0.25) is 0 Å². The van der Waals surface area contributed by atoms with E-state index < -0.39 is 0 Å². The predicted molar refractivity (Wildman–Crippen MR) is 97.5 cm³/mol. The number of carbonyl (C=O) groups excluding carboxylic acids is 1. The van der Waals surface area contributed by atoms with Gasteiger partial charge >= 0.3 is 0 Å². The molecule has 1 aromatic carbocycles. The van der Waals surface area contributed by atoms with Crippen LogP contribution in [-0.4, -0.2) is 34.5 Å². The average Bonchev–Trinajstić information content (AvgIpc) is 2.90. The summed E-state index contributed by atoms with van der Waals surface area (Å²) in [5.41, 5.74) is 1.59. The molecule has 0 N–H and O–H groups in total. The zero-order chi connectivity index (χ0) is 18.0. The van der Waals surface area contributed by atoms with Crippen molar-refractivity contribution in [1.82, 2.24) is 9.88 Å². The number of para-hydroxylation sites is 1. The maximum Gasteiger partial charge on any atom is 0.255 e. The minimum atomic E-state index is -0.341. The summed E-state index contributed by atoms with van der Waals surface area (Å²) < 4.78 is 6.33. The molecule has 1 atom stereocenters. The van der Waals surface area contributed by atoms with Crippen LogP contribution in [0.25, 0.3) is 6.08 Å². The third-order valence-electron chi connectivity index (χ3n) is 5.04. The molecule has 1 spiro atoms. The zero-order valence-corrected chi connectivity index (χ0v) is 14.4. The van der Waals surface area contributed by atoms with Crippen molar-refractivity contribution in [2.24, 2.45) is 0 Å². The number of likely N-dealkylation sites (tertiary alicyclic amines) is 1. The fourth-order valence-corrected chi connectivity index (χ4v) is 3.58. The smallest absolute Gasteiger partial charge is 0.255 e. The highest BCUT2D eigenvalue weighted by Crippen LogP contribution is 2.37. The van der Waals surface area contributed by atoms with Crippen LogP contribution in [0.1, 0.15) is 40.9 Å². The SMILES string of the molecule is N#Cc1ccc(C(=O)N2CCC[C@@]3(C=Cc4ccccc4O3)CC2)cn1. The lowest BCUT2D eigenvalue weighted by atomic mass is 9.91. The van der Waals surface area contributed by atoms with Gasteiger partial charge in [-0.15, -0.1) is 0 Å². The van der Waals surface area contributed by atoms with Crippen LogP contribution in [-0.2, 0) is 0 Å². The number of hydrogen-bond donors (Lipinski definition) is 0. The molecular weight excluding hydrogens is 326 g/mol. The molecule has 5 nitrogen and oxygen atoms in total. The van der Waals surface area contributed by atoms with Gasteiger partial charge < -0.3 is 9.64 Å². The summed E-state index contributed by atoms with van der Waals surface area (Å²) >= 11 is 0. The minimum absolute atomic E-state index is 0.0424. The lowest BCUT2D eigenvalue weighted by Gasteiger charge is -2.34. The lowest BCUT2D eigenvalue weighted by molar-refractivity contribution is 0.0730. The van der Waals surface area contributed by atoms with Crippen molar-refractivity contribution in [3.8, 4) is 11.8 Å². The molecule has 0 saturated carbocycles. The molecule has 130 valence electrons. The van der Waals surface area contributed by atoms with Crippen molar-refractivity contribution < 1.29 is 9.53 Å². The molecule has 1 amide bonds. The molecule has 0 unspecified atom stereocenters. The number of aromatic nitrogens is 1. The largest absolute Gasteiger partial charge is 0.483 e. The van der Waals surface area contributed by atoms with E-state index in [2.05, 4.69) is 17.1 Å². The molecule has 1 fully saturated rings. The van der Waals surface area contributed by atoms with Crippen LogP contribution in [0.5, 0.6) is 5.75 Å². The number of ether oxygens (including phenoxy) is 1. The molecule has 2 aromatic rings. The monoisotopic (exact) mass is 345 g/mol. The van der Waals surface area contributed by atoms with Crippen molar-refractivity contribution in [1.29, 1.82) is 5.26 Å². The molecule has 3 heterocycles. The predicted octanol–water partition coefficient (Wildman–Crippen LogP) is 3.42. The van der Waals surface area contributed by atoms with Crippen molar-refractivity contribution >= 4 is 12.0 Å². The molecule has 2 aliphatic heterocycles. The van der Waals surface area contributed by atoms with Gasteiger partial charge in [-0.2, -0.15) is 5.26 Å². The summed E-state index contributed by atoms with van der Waals surface area (Å²) in [7, 11) is 0. The number of benzene rings is 1. The van der Waals surface area contributed by atoms with Crippen LogP contribution >= 0.6 is 0 Å². The first-order valence-corrected chi connectivity index (χ1v) is 8.82. The molecule has 2 aliphatic rings. The quantitative estimate of drug-likeness (QED) is 0.794. The second-order valence-corrected chi connectivity index (χ2v) is 6.73. The van der Waals surface area contributed by atoms with E-state index in [4.69, 9.17) is 10.00 Å². The van der Waals surface area contributed by atoms with Crippen LogP contribution in [0.4, 0.5) is 0 Å². The van der Waals surface area contributed by atoms with Gasteiger partial charge in [0.25, 0.3) is 5.91 Å². The Morgan fingerprint density at radius 2 is 2.08 bits per heavy atom. The fraction of sp³-hybridized carbons (Fsp3) is 0.286. The Labute approximate surface area is 152 Å². The van der Waals surface area contributed by atoms with Crippen molar-refractivity contribution in [2.45, 2.75) is 24.9 Å². The highest BCUT2D eigenvalue weighted by atomic mass is 16.5. The summed E-state index contributed by atoms with van der Waals surface area (Å²) in [6, 6.07) is 13.2. The highest BCUT2D eigenvalue weighted by Gasteiger charge is 2.35. The first kappa shape index (κ1) is 16.3. The molecule has 0 radical (unpaired) electrons. The Bertz CT molecular complexity index is 898. The lowest BCUT2D eigenvalue weighted by Crippen LogP contribution is -2.38. The van der Waals surface area contributed by atoms with Crippen LogP contribution in [0, 0.1) is 11.3 Å². The van der Waals surface area contributed by atoms with E-state index in [-0.39, 0.29) is 11.5 Å². The summed E-state index contributed by atoms with van der Waals surface area (Å²) in [5.74, 6) is 0.866. The Hall–Kier alpha value is -3.13. The maximum absolute atomic E-state index is 12.8. The Morgan fingerprint density at radius 1 is 1.19 bits per heavy atom. The van der Waals surface area contributed by atoms with Gasteiger partial charge in [0.05, 0.1) is 5.56 Å². The molecule has 1 saturated heterocycles. The van der Waals surface area contributed by atoms with Gasteiger partial charge in [0.2, 0.25) is 0 Å². The normalized spacial score (nSPS) is 21.4. The van der Waals surface area contributed by atoms with E-state index in [0.29, 0.717) is 24.3 Å². The van der Waals surface area contributed by atoms with Crippen LogP contribution < -0.4 is 4.74 Å². The third kappa shape index (κ3) is 3.06. The second-order valence-electron chi connectivity index (χ2n) is 6.73. The number of nitrogens with zero attached hydrogens (tertiary/aromatic N) is 3. The fourth-order valence-electron chi connectivity index (χ4n) is 3.58. The van der Waals surface area contributed by atoms with Crippen molar-refractivity contribution in [3.05, 3.63) is 65.5 Å². The molecular formula is C21H19N3O2. The number of pyridine rings is 1. The maximum atomic E-state index is 12.8. The first-order chi connectivity index (χ1) is 12.7. The molecule has 26 heavy (non-hydrogen) atoms. The number of rotatable bonds is 1. The minimum Gasteiger partial charge on any atom is -0.483 e. The first-order valence-electron chi connectivity index (χ1n) is 8.82. The summed E-state index contributed by atoms with van der Waals surface area (Å²) in [5, 5.41) is 8.84. The van der Waals surface area contributed by atoms with E-state index in [1.54, 1.807) is 12.1 Å². The molecule has 1 aromatic heterocycles. The summed E-state index contributed by atoms with van der Waals surface area (Å²) in [6.07, 6.45) is 8.27. The Kier molecular flexibility index (Phi) is 4.18. The number of carbonyl (C=O) groups is 1. The Balaban J connectivity index is 1.48. The van der Waals surface area contributed by atoms with Gasteiger partial charge in [-0.05, 0) is 37.1 Å². The highest BCUT2D eigenvalue weighted by molar-refractivity contribution is 5.94. The van der Waals surface area contributed by atoms with Crippen molar-refractivity contribution in [2.75, 3.05) is 13.1 Å². The number of nitriles is 1. The van der Waals surface area contributed by atoms with Crippen LogP contribution in [0.3, 0.4) is 0 Å². The van der Waals surface area contributed by atoms with Gasteiger partial charge in [-0.25, -0.2) is 4.98 Å². The van der Waals surface area contributed by atoms with E-state index in [9.17, 15) is 4.79 Å². The number of hydrogen-bond acceptors (Lipinski definition) is 4.